The number of methoxy groups -OCH3 is 2. The van der Waals surface area contributed by atoms with Crippen LogP contribution >= 0.6 is 0 Å². The smallest absolute Gasteiger partial charge is 0.259 e. The number of aromatic hydroxyl groups is 1. The van der Waals surface area contributed by atoms with E-state index in [1.165, 1.54) is 26.0 Å². The number of aryl methyl sites for hydroxylation is 1. The fourth-order valence-corrected chi connectivity index (χ4v) is 4.80. The highest BCUT2D eigenvalue weighted by molar-refractivity contribution is 6.11. The topological polar surface area (TPSA) is 93.0 Å². The molecule has 2 aliphatic heterocycles. The second-order valence-corrected chi connectivity index (χ2v) is 8.03. The second-order valence-electron chi connectivity index (χ2n) is 8.03. The molecule has 0 spiro atoms. The molecule has 0 saturated carbocycles. The van der Waals surface area contributed by atoms with Crippen molar-refractivity contribution in [1.29, 1.82) is 0 Å². The van der Waals surface area contributed by atoms with Crippen LogP contribution in [0.2, 0.25) is 0 Å². The van der Waals surface area contributed by atoms with Crippen LogP contribution in [-0.2, 0) is 16.6 Å². The number of phenols is 1. The number of benzene rings is 2. The number of hydrogen-bond donors (Lipinski definition) is 2. The van der Waals surface area contributed by atoms with E-state index < -0.39 is 5.92 Å². The SMILES string of the molecule is COc1cc([C@@H]2C3=C(CN(C(C)=O)C3=O)Nc3cccc4c3c2cn4C)cc(OC)c1O. The highest BCUT2D eigenvalue weighted by atomic mass is 16.5. The van der Waals surface area contributed by atoms with Gasteiger partial charge in [0.15, 0.2) is 11.5 Å². The van der Waals surface area contributed by atoms with E-state index in [9.17, 15) is 14.7 Å². The monoisotopic (exact) mass is 433 g/mol. The largest absolute Gasteiger partial charge is 0.502 e. The number of amides is 2. The lowest BCUT2D eigenvalue weighted by Gasteiger charge is -2.21. The van der Waals surface area contributed by atoms with Crippen LogP contribution in [0.15, 0.2) is 47.8 Å². The Morgan fingerprint density at radius 2 is 1.88 bits per heavy atom. The maximum atomic E-state index is 13.5. The predicted molar refractivity (Wildman–Crippen MR) is 119 cm³/mol. The Morgan fingerprint density at radius 1 is 1.19 bits per heavy atom. The Balaban J connectivity index is 1.83. The quantitative estimate of drug-likeness (QED) is 0.659. The van der Waals surface area contributed by atoms with E-state index >= 15 is 0 Å². The van der Waals surface area contributed by atoms with Crippen molar-refractivity contribution in [3.63, 3.8) is 0 Å². The van der Waals surface area contributed by atoms with E-state index in [-0.39, 0.29) is 35.6 Å². The van der Waals surface area contributed by atoms with Crippen LogP contribution < -0.4 is 14.8 Å². The maximum absolute atomic E-state index is 13.5. The van der Waals surface area contributed by atoms with Gasteiger partial charge in [-0.15, -0.1) is 0 Å². The van der Waals surface area contributed by atoms with Crippen molar-refractivity contribution in [2.24, 2.45) is 7.05 Å². The summed E-state index contributed by atoms with van der Waals surface area (Å²) in [6, 6.07) is 9.38. The van der Waals surface area contributed by atoms with Gasteiger partial charge in [-0.2, -0.15) is 0 Å². The summed E-state index contributed by atoms with van der Waals surface area (Å²) in [7, 11) is 4.89. The Morgan fingerprint density at radius 3 is 2.50 bits per heavy atom. The van der Waals surface area contributed by atoms with E-state index in [0.29, 0.717) is 16.8 Å². The molecule has 0 aliphatic carbocycles. The molecule has 5 rings (SSSR count). The molecule has 0 radical (unpaired) electrons. The number of ether oxygens (including phenoxy) is 2. The first-order valence-corrected chi connectivity index (χ1v) is 10.2. The molecule has 0 saturated heterocycles. The molecule has 0 fully saturated rings. The van der Waals surface area contributed by atoms with Gasteiger partial charge in [0.2, 0.25) is 11.7 Å². The fourth-order valence-electron chi connectivity index (χ4n) is 4.80. The van der Waals surface area contributed by atoms with E-state index in [4.69, 9.17) is 9.47 Å². The zero-order valence-electron chi connectivity index (χ0n) is 18.2. The summed E-state index contributed by atoms with van der Waals surface area (Å²) in [6.45, 7) is 1.57. The van der Waals surface area contributed by atoms with Gasteiger partial charge >= 0.3 is 0 Å². The number of anilines is 1. The second kappa shape index (κ2) is 7.05. The molecule has 164 valence electrons. The van der Waals surface area contributed by atoms with E-state index in [0.717, 1.165) is 22.2 Å². The Kier molecular flexibility index (Phi) is 4.40. The van der Waals surface area contributed by atoms with E-state index in [2.05, 4.69) is 5.32 Å². The highest BCUT2D eigenvalue weighted by Crippen LogP contribution is 2.49. The molecule has 2 aliphatic rings. The summed E-state index contributed by atoms with van der Waals surface area (Å²) < 4.78 is 12.8. The summed E-state index contributed by atoms with van der Waals surface area (Å²) in [5.74, 6) is -0.760. The van der Waals surface area contributed by atoms with E-state index in [1.54, 1.807) is 12.1 Å². The third-order valence-corrected chi connectivity index (χ3v) is 6.26. The standard InChI is InChI=1S/C24H23N3O5/c1-12(28)27-11-16-22(24(27)30)20(13-8-18(31-3)23(29)19(9-13)32-4)14-10-26(2)17-7-5-6-15(25-16)21(14)17/h5-10,20,25,29H,11H2,1-4H3/t20-/m0/s1. The fraction of sp³-hybridized carbons (Fsp3) is 0.250. The van der Waals surface area contributed by atoms with Crippen LogP contribution in [0.1, 0.15) is 24.0 Å². The van der Waals surface area contributed by atoms with Crippen LogP contribution in [0, 0.1) is 0 Å². The van der Waals surface area contributed by atoms with Crippen LogP contribution in [-0.4, -0.2) is 47.2 Å². The minimum Gasteiger partial charge on any atom is -0.502 e. The zero-order valence-corrected chi connectivity index (χ0v) is 18.2. The van der Waals surface area contributed by atoms with Gasteiger partial charge in [-0.25, -0.2) is 0 Å². The summed E-state index contributed by atoms with van der Waals surface area (Å²) >= 11 is 0. The van der Waals surface area contributed by atoms with E-state index in [1.807, 2.05) is 36.0 Å². The van der Waals surface area contributed by atoms with Gasteiger partial charge in [-0.3, -0.25) is 14.5 Å². The number of phenolic OH excluding ortho intramolecular Hbond substituents is 1. The zero-order chi connectivity index (χ0) is 22.7. The van der Waals surface area contributed by atoms with Crippen LogP contribution in [0.3, 0.4) is 0 Å². The molecule has 0 unspecified atom stereocenters. The minimum atomic E-state index is -0.495. The average Bonchev–Trinajstić information content (AvgIpc) is 3.23. The minimum absolute atomic E-state index is 0.110. The number of carbonyl (C=O) groups excluding carboxylic acids is 2. The van der Waals surface area contributed by atoms with Crippen molar-refractivity contribution in [3.05, 3.63) is 58.9 Å². The number of hydrogen-bond acceptors (Lipinski definition) is 6. The predicted octanol–water partition coefficient (Wildman–Crippen LogP) is 3.10. The number of nitrogens with zero attached hydrogens (tertiary/aromatic N) is 2. The Hall–Kier alpha value is -3.94. The number of carbonyl (C=O) groups is 2. The number of imide groups is 1. The van der Waals surface area contributed by atoms with Crippen molar-refractivity contribution >= 4 is 28.4 Å². The van der Waals surface area contributed by atoms with Crippen LogP contribution in [0.5, 0.6) is 17.2 Å². The number of aromatic nitrogens is 1. The van der Waals surface area contributed by atoms with Gasteiger partial charge in [0.1, 0.15) is 0 Å². The average molecular weight is 433 g/mol. The van der Waals surface area contributed by atoms with Crippen molar-refractivity contribution < 1.29 is 24.2 Å². The highest BCUT2D eigenvalue weighted by Gasteiger charge is 2.42. The molecule has 2 N–H and O–H groups in total. The van der Waals surface area contributed by atoms with Gasteiger partial charge in [-0.1, -0.05) is 6.07 Å². The molecule has 2 amide bonds. The summed E-state index contributed by atoms with van der Waals surface area (Å²) in [6.07, 6.45) is 2.01. The van der Waals surface area contributed by atoms with Crippen LogP contribution in [0.25, 0.3) is 10.9 Å². The molecule has 8 heteroatoms. The number of rotatable bonds is 3. The molecule has 2 aromatic carbocycles. The molecular formula is C24H23N3O5. The summed E-state index contributed by atoms with van der Waals surface area (Å²) in [4.78, 5) is 26.9. The first-order valence-electron chi connectivity index (χ1n) is 10.2. The Bertz CT molecular complexity index is 1310. The van der Waals surface area contributed by atoms with Gasteiger partial charge in [0, 0.05) is 42.9 Å². The van der Waals surface area contributed by atoms with Crippen LogP contribution in [0.4, 0.5) is 5.69 Å². The van der Waals surface area contributed by atoms with Gasteiger partial charge in [0.25, 0.3) is 5.91 Å². The lowest BCUT2D eigenvalue weighted by molar-refractivity contribution is -0.139. The lowest BCUT2D eigenvalue weighted by atomic mass is 9.84. The first kappa shape index (κ1) is 20.0. The van der Waals surface area contributed by atoms with Crippen molar-refractivity contribution in [1.82, 2.24) is 9.47 Å². The lowest BCUT2D eigenvalue weighted by Crippen LogP contribution is -2.33. The third kappa shape index (κ3) is 2.69. The molecule has 1 atom stereocenters. The summed E-state index contributed by atoms with van der Waals surface area (Å²) in [5, 5.41) is 14.9. The Labute approximate surface area is 184 Å². The van der Waals surface area contributed by atoms with Gasteiger partial charge in [0.05, 0.1) is 31.9 Å². The molecule has 3 heterocycles. The van der Waals surface area contributed by atoms with Crippen molar-refractivity contribution in [2.45, 2.75) is 12.8 Å². The molecule has 0 bridgehead atoms. The summed E-state index contributed by atoms with van der Waals surface area (Å²) in [5.41, 5.74) is 4.72. The molecule has 8 nitrogen and oxygen atoms in total. The number of nitrogens with one attached hydrogen (secondary N) is 1. The van der Waals surface area contributed by atoms with Gasteiger partial charge in [-0.05, 0) is 35.4 Å². The van der Waals surface area contributed by atoms with Gasteiger partial charge < -0.3 is 24.5 Å². The molecular weight excluding hydrogens is 410 g/mol. The molecule has 32 heavy (non-hydrogen) atoms. The maximum Gasteiger partial charge on any atom is 0.259 e. The molecule has 1 aromatic heterocycles. The van der Waals surface area contributed by atoms with Crippen molar-refractivity contribution in [2.75, 3.05) is 26.1 Å². The van der Waals surface area contributed by atoms with Crippen molar-refractivity contribution in [3.8, 4) is 17.2 Å². The first-order chi connectivity index (χ1) is 15.3. The normalized spacial score (nSPS) is 17.3. The third-order valence-electron chi connectivity index (χ3n) is 6.26. The molecule has 3 aromatic rings.